The first-order valence-electron chi connectivity index (χ1n) is 14.3. The lowest BCUT2D eigenvalue weighted by atomic mass is 10.1. The van der Waals surface area contributed by atoms with Crippen LogP contribution in [0.5, 0.6) is 0 Å². The van der Waals surface area contributed by atoms with Crippen LogP contribution in [0.3, 0.4) is 0 Å². The topological polar surface area (TPSA) is 96.8 Å². The quantitative estimate of drug-likeness (QED) is 0.116. The molecule has 8 heteroatoms. The maximum Gasteiger partial charge on any atom is 0.253 e. The molecule has 216 valence electrons. The van der Waals surface area contributed by atoms with Gasteiger partial charge in [-0.15, -0.1) is 0 Å². The number of nitrogens with zero attached hydrogens (tertiary/aromatic N) is 4. The molecule has 4 aromatic rings. The lowest BCUT2D eigenvalue weighted by Gasteiger charge is -2.34. The van der Waals surface area contributed by atoms with E-state index in [1.807, 2.05) is 73.9 Å². The summed E-state index contributed by atoms with van der Waals surface area (Å²) in [6.07, 6.45) is 3.64. The van der Waals surface area contributed by atoms with Crippen molar-refractivity contribution in [2.45, 2.75) is 39.0 Å². The highest BCUT2D eigenvalue weighted by molar-refractivity contribution is 5.24. The molecular weight excluding hydrogens is 512 g/mol. The molecule has 0 saturated carbocycles. The Morgan fingerprint density at radius 2 is 1.17 bits per heavy atom. The van der Waals surface area contributed by atoms with Crippen molar-refractivity contribution in [3.05, 3.63) is 131 Å². The molecule has 0 spiro atoms. The van der Waals surface area contributed by atoms with Gasteiger partial charge in [0.05, 0.1) is 11.4 Å². The van der Waals surface area contributed by atoms with Crippen molar-refractivity contribution in [1.82, 2.24) is 30.4 Å². The van der Waals surface area contributed by atoms with Gasteiger partial charge in [0, 0.05) is 76.9 Å². The van der Waals surface area contributed by atoms with Gasteiger partial charge < -0.3 is 20.8 Å². The van der Waals surface area contributed by atoms with Crippen molar-refractivity contribution in [3.8, 4) is 0 Å². The largest absolute Gasteiger partial charge is 0.349 e. The summed E-state index contributed by atoms with van der Waals surface area (Å²) in [6, 6.07) is 29.3. The smallest absolute Gasteiger partial charge is 0.253 e. The summed E-state index contributed by atoms with van der Waals surface area (Å²) >= 11 is 0. The Kier molecular flexibility index (Phi) is 11.9. The fourth-order valence-corrected chi connectivity index (χ4v) is 4.70. The van der Waals surface area contributed by atoms with E-state index in [2.05, 4.69) is 49.8 Å². The van der Waals surface area contributed by atoms with Crippen LogP contribution in [-0.2, 0) is 32.1 Å². The minimum absolute atomic E-state index is 0.428. The Hall–Kier alpha value is -3.50. The summed E-state index contributed by atoms with van der Waals surface area (Å²) in [6.45, 7) is 8.68. The Bertz CT molecular complexity index is 1210. The van der Waals surface area contributed by atoms with Gasteiger partial charge in [0.1, 0.15) is 0 Å². The Labute approximate surface area is 243 Å². The fourth-order valence-electron chi connectivity index (χ4n) is 4.70. The molecule has 0 aliphatic heterocycles. The van der Waals surface area contributed by atoms with E-state index in [0.717, 1.165) is 62.8 Å². The molecule has 0 aliphatic rings. The number of rotatable bonds is 17. The number of hydrogen-bond acceptors (Lipinski definition) is 8. The average Bonchev–Trinajstić information content (AvgIpc) is 3.02. The zero-order valence-corrected chi connectivity index (χ0v) is 23.9. The number of nitrogens with one attached hydrogen (secondary N) is 2. The highest BCUT2D eigenvalue weighted by atomic mass is 16.5. The maximum absolute atomic E-state index is 10.9. The first kappa shape index (κ1) is 30.5. The van der Waals surface area contributed by atoms with E-state index in [1.54, 1.807) is 17.0 Å². The van der Waals surface area contributed by atoms with Gasteiger partial charge in [-0.3, -0.25) is 14.9 Å². The second-order valence-electron chi connectivity index (χ2n) is 10.1. The van der Waals surface area contributed by atoms with Gasteiger partial charge in [-0.25, -0.2) is 4.90 Å². The van der Waals surface area contributed by atoms with Crippen LogP contribution in [0.2, 0.25) is 0 Å². The Morgan fingerprint density at radius 1 is 0.659 bits per heavy atom. The number of aromatic nitrogens is 2. The normalized spacial score (nSPS) is 11.8. The summed E-state index contributed by atoms with van der Waals surface area (Å²) < 4.78 is 0. The third-order valence-corrected chi connectivity index (χ3v) is 7.06. The maximum atomic E-state index is 10.9. The second kappa shape index (κ2) is 16.1. The molecule has 2 aromatic heterocycles. The highest BCUT2D eigenvalue weighted by Gasteiger charge is 2.32. The Morgan fingerprint density at radius 3 is 1.66 bits per heavy atom. The first-order chi connectivity index (χ1) is 20.0. The zero-order valence-electron chi connectivity index (χ0n) is 23.9. The highest BCUT2D eigenvalue weighted by Crippen LogP contribution is 2.24. The van der Waals surface area contributed by atoms with E-state index < -0.39 is 5.91 Å². The summed E-state index contributed by atoms with van der Waals surface area (Å²) in [5.41, 5.74) is 4.78. The van der Waals surface area contributed by atoms with Gasteiger partial charge >= 0.3 is 0 Å². The Balaban J connectivity index is 1.32. The average molecular weight is 555 g/mol. The van der Waals surface area contributed by atoms with Crippen LogP contribution < -0.4 is 10.6 Å². The number of aliphatic hydroxyl groups is 2. The monoisotopic (exact) mass is 554 g/mol. The van der Waals surface area contributed by atoms with Gasteiger partial charge in [0.2, 0.25) is 0 Å². The molecule has 0 amide bonds. The predicted molar refractivity (Wildman–Crippen MR) is 162 cm³/mol. The van der Waals surface area contributed by atoms with E-state index in [0.29, 0.717) is 18.7 Å². The lowest BCUT2D eigenvalue weighted by Crippen LogP contribution is -2.45. The van der Waals surface area contributed by atoms with Crippen molar-refractivity contribution in [1.29, 1.82) is 0 Å². The fraction of sp³-hybridized carbons (Fsp3) is 0.333. The van der Waals surface area contributed by atoms with E-state index in [4.69, 9.17) is 0 Å². The number of pyridine rings is 2. The zero-order chi connectivity index (χ0) is 28.8. The minimum atomic E-state index is -2.03. The van der Waals surface area contributed by atoms with Gasteiger partial charge in [0.25, 0.3) is 5.91 Å². The molecule has 2 aromatic carbocycles. The summed E-state index contributed by atoms with van der Waals surface area (Å²) in [5.74, 6) is -2.03. The van der Waals surface area contributed by atoms with Crippen molar-refractivity contribution in [2.75, 3.05) is 32.7 Å². The van der Waals surface area contributed by atoms with Crippen LogP contribution in [-0.4, -0.2) is 62.7 Å². The molecule has 8 nitrogen and oxygen atoms in total. The van der Waals surface area contributed by atoms with Crippen molar-refractivity contribution < 1.29 is 10.2 Å². The van der Waals surface area contributed by atoms with Crippen LogP contribution in [0.25, 0.3) is 0 Å². The third-order valence-electron chi connectivity index (χ3n) is 7.06. The number of benzene rings is 2. The van der Waals surface area contributed by atoms with E-state index in [9.17, 15) is 10.2 Å². The third kappa shape index (κ3) is 9.82. The summed E-state index contributed by atoms with van der Waals surface area (Å²) in [7, 11) is 0. The molecule has 4 N–H and O–H groups in total. The van der Waals surface area contributed by atoms with E-state index in [-0.39, 0.29) is 0 Å². The van der Waals surface area contributed by atoms with E-state index in [1.165, 1.54) is 5.56 Å². The summed E-state index contributed by atoms with van der Waals surface area (Å²) in [4.78, 5) is 12.9. The van der Waals surface area contributed by atoms with Crippen molar-refractivity contribution in [2.24, 2.45) is 0 Å². The first-order valence-corrected chi connectivity index (χ1v) is 14.3. The lowest BCUT2D eigenvalue weighted by molar-refractivity contribution is -0.277. The van der Waals surface area contributed by atoms with Crippen molar-refractivity contribution in [3.63, 3.8) is 0 Å². The molecule has 4 rings (SSSR count). The molecule has 41 heavy (non-hydrogen) atoms. The minimum Gasteiger partial charge on any atom is -0.349 e. The standard InChI is InChI=1S/C33H42N6O2/c1-2-39(33(40,41)30-10-4-3-5-11-30)27-29-16-14-28(15-17-29)26-38(22-20-34-24-31-12-6-8-18-36-31)23-21-35-25-32-13-7-9-19-37-32/h3-19,34-35,40-41H,2,20-27H2,1H3. The van der Waals surface area contributed by atoms with Crippen LogP contribution >= 0.6 is 0 Å². The molecule has 0 aliphatic carbocycles. The van der Waals surface area contributed by atoms with E-state index >= 15 is 0 Å². The molecule has 0 atom stereocenters. The SMILES string of the molecule is CCN(Cc1ccc(CN(CCNCc2ccccn2)CCNCc2ccccn2)cc1)C(O)(O)c1ccccc1. The molecule has 0 fully saturated rings. The van der Waals surface area contributed by atoms with Gasteiger partial charge in [0.15, 0.2) is 0 Å². The van der Waals surface area contributed by atoms with Crippen LogP contribution in [0.15, 0.2) is 103 Å². The molecule has 0 unspecified atom stereocenters. The van der Waals surface area contributed by atoms with Crippen molar-refractivity contribution >= 4 is 0 Å². The van der Waals surface area contributed by atoms with Crippen LogP contribution in [0, 0.1) is 0 Å². The molecular formula is C33H42N6O2. The molecule has 0 bridgehead atoms. The van der Waals surface area contributed by atoms with Gasteiger partial charge in [-0.05, 0) is 35.4 Å². The van der Waals surface area contributed by atoms with Crippen LogP contribution in [0.1, 0.15) is 35.0 Å². The van der Waals surface area contributed by atoms with Gasteiger partial charge in [-0.1, -0.05) is 73.7 Å². The molecule has 2 heterocycles. The molecule has 0 saturated heterocycles. The predicted octanol–water partition coefficient (Wildman–Crippen LogP) is 3.48. The van der Waals surface area contributed by atoms with Gasteiger partial charge in [-0.2, -0.15) is 0 Å². The number of hydrogen-bond donors (Lipinski definition) is 4. The van der Waals surface area contributed by atoms with Crippen LogP contribution in [0.4, 0.5) is 0 Å². The summed E-state index contributed by atoms with van der Waals surface area (Å²) in [5, 5.41) is 28.8. The second-order valence-corrected chi connectivity index (χ2v) is 10.1. The molecule has 0 radical (unpaired) electrons.